The molecule has 0 atom stereocenters. The van der Waals surface area contributed by atoms with Gasteiger partial charge in [0.1, 0.15) is 5.69 Å². The fraction of sp³-hybridized carbons (Fsp3) is 0.167. The molecule has 0 aliphatic rings. The third-order valence-corrected chi connectivity index (χ3v) is 3.25. The first-order valence-corrected chi connectivity index (χ1v) is 7.14. The van der Waals surface area contributed by atoms with E-state index >= 15 is 0 Å². The van der Waals surface area contributed by atoms with Gasteiger partial charge in [0.25, 0.3) is 0 Å². The smallest absolute Gasteiger partial charge is 0.153 e. The van der Waals surface area contributed by atoms with E-state index in [1.54, 1.807) is 0 Å². The van der Waals surface area contributed by atoms with Gasteiger partial charge >= 0.3 is 0 Å². The summed E-state index contributed by atoms with van der Waals surface area (Å²) in [4.78, 5) is 3.37. The molecule has 0 saturated heterocycles. The number of benzene rings is 2. The van der Waals surface area contributed by atoms with Crippen molar-refractivity contribution in [1.82, 2.24) is 0 Å². The van der Waals surface area contributed by atoms with Crippen LogP contribution in [0.15, 0.2) is 35.3 Å². The summed E-state index contributed by atoms with van der Waals surface area (Å²) in [6, 6.07) is 8.21. The normalized spacial score (nSPS) is 9.64. The molecule has 2 aromatic rings. The van der Waals surface area contributed by atoms with Crippen LogP contribution in [0.25, 0.3) is 0 Å². The SMILES string of the molecule is CCc1cc(C)ccc1C#Cc1cc(F)c(N=C=S)c(F)c1. The van der Waals surface area contributed by atoms with Gasteiger partial charge in [-0.05, 0) is 49.3 Å². The first-order chi connectivity index (χ1) is 10.5. The molecule has 0 radical (unpaired) electrons. The van der Waals surface area contributed by atoms with E-state index in [-0.39, 0.29) is 5.56 Å². The number of aryl methyl sites for hydroxylation is 2. The van der Waals surface area contributed by atoms with Gasteiger partial charge in [0, 0.05) is 11.1 Å². The molecule has 0 aliphatic carbocycles. The van der Waals surface area contributed by atoms with Crippen molar-refractivity contribution < 1.29 is 8.78 Å². The molecule has 2 rings (SSSR count). The average Bonchev–Trinajstić information content (AvgIpc) is 2.49. The summed E-state index contributed by atoms with van der Waals surface area (Å²) in [5, 5.41) is 1.96. The summed E-state index contributed by atoms with van der Waals surface area (Å²) < 4.78 is 27.5. The van der Waals surface area contributed by atoms with Gasteiger partial charge < -0.3 is 0 Å². The van der Waals surface area contributed by atoms with Crippen LogP contribution >= 0.6 is 12.2 Å². The molecule has 1 nitrogen and oxygen atoms in total. The lowest BCUT2D eigenvalue weighted by Crippen LogP contribution is -1.89. The molecule has 0 N–H and O–H groups in total. The van der Waals surface area contributed by atoms with Crippen molar-refractivity contribution in [3.8, 4) is 11.8 Å². The highest BCUT2D eigenvalue weighted by Gasteiger charge is 2.09. The van der Waals surface area contributed by atoms with Crippen molar-refractivity contribution in [3.05, 3.63) is 64.2 Å². The monoisotopic (exact) mass is 313 g/mol. The zero-order valence-corrected chi connectivity index (χ0v) is 13.0. The Morgan fingerprint density at radius 2 is 1.77 bits per heavy atom. The van der Waals surface area contributed by atoms with Gasteiger partial charge in [0.15, 0.2) is 11.6 Å². The quantitative estimate of drug-likeness (QED) is 0.433. The van der Waals surface area contributed by atoms with Crippen LogP contribution in [0.1, 0.15) is 29.2 Å². The zero-order valence-electron chi connectivity index (χ0n) is 12.2. The predicted molar refractivity (Wildman–Crippen MR) is 87.6 cm³/mol. The molecule has 0 aliphatic heterocycles. The Morgan fingerprint density at radius 3 is 2.36 bits per heavy atom. The molecule has 2 aromatic carbocycles. The van der Waals surface area contributed by atoms with Crippen molar-refractivity contribution in [2.45, 2.75) is 20.3 Å². The predicted octanol–water partition coefficient (Wildman–Crippen LogP) is 4.97. The minimum absolute atomic E-state index is 0.251. The number of hydrogen-bond donors (Lipinski definition) is 0. The van der Waals surface area contributed by atoms with Crippen molar-refractivity contribution in [2.75, 3.05) is 0 Å². The second-order valence-electron chi connectivity index (χ2n) is 4.76. The Morgan fingerprint density at radius 1 is 1.09 bits per heavy atom. The van der Waals surface area contributed by atoms with E-state index in [0.29, 0.717) is 0 Å². The molecule has 0 aromatic heterocycles. The molecular weight excluding hydrogens is 300 g/mol. The first-order valence-electron chi connectivity index (χ1n) is 6.73. The summed E-state index contributed by atoms with van der Waals surface area (Å²) in [7, 11) is 0. The molecule has 22 heavy (non-hydrogen) atoms. The lowest BCUT2D eigenvalue weighted by molar-refractivity contribution is 0.587. The van der Waals surface area contributed by atoms with Gasteiger partial charge in [-0.25, -0.2) is 8.78 Å². The topological polar surface area (TPSA) is 12.4 Å². The largest absolute Gasteiger partial charge is 0.204 e. The second kappa shape index (κ2) is 7.09. The number of hydrogen-bond acceptors (Lipinski definition) is 2. The first kappa shape index (κ1) is 16.0. The lowest BCUT2D eigenvalue weighted by atomic mass is 10.0. The summed E-state index contributed by atoms with van der Waals surface area (Å²) in [6.07, 6.45) is 0.844. The maximum absolute atomic E-state index is 13.7. The maximum atomic E-state index is 13.7. The average molecular weight is 313 g/mol. The summed E-state index contributed by atoms with van der Waals surface area (Å²) in [5.74, 6) is 4.14. The van der Waals surface area contributed by atoms with Crippen LogP contribution in [0.4, 0.5) is 14.5 Å². The van der Waals surface area contributed by atoms with Crippen LogP contribution in [0.5, 0.6) is 0 Å². The molecule has 4 heteroatoms. The van der Waals surface area contributed by atoms with E-state index < -0.39 is 17.3 Å². The zero-order chi connectivity index (χ0) is 16.1. The number of thiocarbonyl (C=S) groups is 1. The molecule has 0 heterocycles. The van der Waals surface area contributed by atoms with Crippen molar-refractivity contribution in [1.29, 1.82) is 0 Å². The van der Waals surface area contributed by atoms with Crippen LogP contribution in [0.2, 0.25) is 0 Å². The molecule has 0 unspecified atom stereocenters. The second-order valence-corrected chi connectivity index (χ2v) is 4.94. The number of rotatable bonds is 2. The van der Waals surface area contributed by atoms with Crippen LogP contribution < -0.4 is 0 Å². The molecular formula is C18H13F2NS. The molecule has 0 saturated carbocycles. The van der Waals surface area contributed by atoms with Crippen molar-refractivity contribution >= 4 is 23.1 Å². The van der Waals surface area contributed by atoms with Crippen molar-refractivity contribution in [3.63, 3.8) is 0 Å². The maximum Gasteiger partial charge on any atom is 0.153 e. The third-order valence-electron chi connectivity index (χ3n) is 3.16. The lowest BCUT2D eigenvalue weighted by Gasteiger charge is -2.02. The summed E-state index contributed by atoms with van der Waals surface area (Å²) in [6.45, 7) is 4.05. The minimum Gasteiger partial charge on any atom is -0.204 e. The molecule has 0 fully saturated rings. The van der Waals surface area contributed by atoms with Crippen LogP contribution in [-0.2, 0) is 6.42 Å². The van der Waals surface area contributed by atoms with E-state index in [4.69, 9.17) is 0 Å². The van der Waals surface area contributed by atoms with E-state index in [2.05, 4.69) is 35.1 Å². The number of halogens is 2. The van der Waals surface area contributed by atoms with Gasteiger partial charge in [-0.15, -0.1) is 0 Å². The Kier molecular flexibility index (Phi) is 5.16. The van der Waals surface area contributed by atoms with E-state index in [1.807, 2.05) is 31.1 Å². The van der Waals surface area contributed by atoms with Gasteiger partial charge in [-0.2, -0.15) is 4.99 Å². The van der Waals surface area contributed by atoms with E-state index in [0.717, 1.165) is 35.2 Å². The third kappa shape index (κ3) is 3.65. The Balaban J connectivity index is 2.43. The molecule has 0 bridgehead atoms. The summed E-state index contributed by atoms with van der Waals surface area (Å²) >= 11 is 4.36. The standard InChI is InChI=1S/C18H13F2NS/c1-3-14-8-12(2)4-6-15(14)7-5-13-9-16(19)18(21-11-22)17(20)10-13/h4,6,8-10H,3H2,1-2H3. The highest BCUT2D eigenvalue weighted by molar-refractivity contribution is 7.78. The summed E-state index contributed by atoms with van der Waals surface area (Å²) in [5.41, 5.74) is 2.93. The van der Waals surface area contributed by atoms with Crippen molar-refractivity contribution in [2.24, 2.45) is 4.99 Å². The van der Waals surface area contributed by atoms with Crippen LogP contribution in [-0.4, -0.2) is 5.16 Å². The van der Waals surface area contributed by atoms with Crippen LogP contribution in [0.3, 0.4) is 0 Å². The Bertz CT molecular complexity index is 802. The van der Waals surface area contributed by atoms with Gasteiger partial charge in [0.05, 0.1) is 5.16 Å². The fourth-order valence-electron chi connectivity index (χ4n) is 2.07. The van der Waals surface area contributed by atoms with Gasteiger partial charge in [-0.3, -0.25) is 0 Å². The van der Waals surface area contributed by atoms with E-state index in [1.165, 1.54) is 0 Å². The molecule has 110 valence electrons. The minimum atomic E-state index is -0.804. The highest BCUT2D eigenvalue weighted by atomic mass is 32.1. The number of aliphatic imine (C=N–C) groups is 1. The Hall–Kier alpha value is -2.34. The Labute approximate surface area is 133 Å². The fourth-order valence-corrected chi connectivity index (χ4v) is 2.16. The van der Waals surface area contributed by atoms with E-state index in [9.17, 15) is 8.78 Å². The van der Waals surface area contributed by atoms with Gasteiger partial charge in [-0.1, -0.05) is 36.5 Å². The highest BCUT2D eigenvalue weighted by Crippen LogP contribution is 2.23. The molecule has 0 spiro atoms. The molecule has 0 amide bonds. The number of nitrogens with zero attached hydrogens (tertiary/aromatic N) is 1. The number of isothiocyanates is 1. The van der Waals surface area contributed by atoms with Gasteiger partial charge in [0.2, 0.25) is 0 Å². The van der Waals surface area contributed by atoms with Crippen LogP contribution in [0, 0.1) is 30.4 Å².